The van der Waals surface area contributed by atoms with Crippen LogP contribution in [0.1, 0.15) is 10.4 Å². The minimum atomic E-state index is -0.325. The molecule has 0 bridgehead atoms. The van der Waals surface area contributed by atoms with Crippen LogP contribution in [0.25, 0.3) is 21.8 Å². The van der Waals surface area contributed by atoms with Gasteiger partial charge in [0.2, 0.25) is 5.56 Å². The molecule has 0 saturated heterocycles. The third kappa shape index (κ3) is 2.42. The quantitative estimate of drug-likeness (QED) is 0.596. The van der Waals surface area contributed by atoms with E-state index in [1.54, 1.807) is 12.3 Å². The highest BCUT2D eigenvalue weighted by atomic mass is 16.2. The van der Waals surface area contributed by atoms with Gasteiger partial charge in [0.05, 0.1) is 16.8 Å². The van der Waals surface area contributed by atoms with Gasteiger partial charge < -0.3 is 10.3 Å². The Bertz CT molecular complexity index is 1130. The lowest BCUT2D eigenvalue weighted by Crippen LogP contribution is -2.17. The van der Waals surface area contributed by atoms with Gasteiger partial charge in [0.25, 0.3) is 5.91 Å². The van der Waals surface area contributed by atoms with E-state index in [9.17, 15) is 9.59 Å². The highest BCUT2D eigenvalue weighted by Crippen LogP contribution is 2.23. The summed E-state index contributed by atoms with van der Waals surface area (Å²) in [6.45, 7) is 0. The minimum Gasteiger partial charge on any atom is -0.322 e. The number of aromatic nitrogens is 2. The second-order valence-corrected chi connectivity index (χ2v) is 5.42. The molecule has 0 aliphatic carbocycles. The van der Waals surface area contributed by atoms with Crippen molar-refractivity contribution in [2.75, 3.05) is 5.32 Å². The Hall–Kier alpha value is -3.47. The Labute approximate surface area is 137 Å². The van der Waals surface area contributed by atoms with Crippen LogP contribution in [0, 0.1) is 0 Å². The van der Waals surface area contributed by atoms with Crippen LogP contribution in [0.2, 0.25) is 0 Å². The summed E-state index contributed by atoms with van der Waals surface area (Å²) in [6.07, 6.45) is 1.71. The average Bonchev–Trinajstić information content (AvgIpc) is 2.61. The van der Waals surface area contributed by atoms with Gasteiger partial charge in [0, 0.05) is 28.6 Å². The van der Waals surface area contributed by atoms with Crippen LogP contribution in [0.4, 0.5) is 5.69 Å². The van der Waals surface area contributed by atoms with E-state index in [1.165, 1.54) is 6.07 Å². The number of aromatic amines is 1. The first-order valence-electron chi connectivity index (χ1n) is 7.49. The maximum absolute atomic E-state index is 12.7. The highest BCUT2D eigenvalue weighted by Gasteiger charge is 2.13. The summed E-state index contributed by atoms with van der Waals surface area (Å²) in [6, 6.07) is 17.8. The number of amides is 1. The van der Waals surface area contributed by atoms with Crippen LogP contribution in [0.15, 0.2) is 71.7 Å². The van der Waals surface area contributed by atoms with Crippen LogP contribution in [0.5, 0.6) is 0 Å². The molecule has 0 saturated carbocycles. The molecule has 2 aromatic carbocycles. The van der Waals surface area contributed by atoms with Crippen molar-refractivity contribution in [1.29, 1.82) is 0 Å². The molecule has 2 aromatic heterocycles. The largest absolute Gasteiger partial charge is 0.322 e. The summed E-state index contributed by atoms with van der Waals surface area (Å²) in [5.41, 5.74) is 2.13. The van der Waals surface area contributed by atoms with Crippen LogP contribution < -0.4 is 10.9 Å². The zero-order valence-electron chi connectivity index (χ0n) is 12.6. The standard InChI is InChI=1S/C19H13N3O2/c23-18-11-14(12-5-1-2-7-16(12)21-18)19(24)22-17-9-3-8-15-13(17)6-4-10-20-15/h1-11H,(H,21,23)(H,22,24). The van der Waals surface area contributed by atoms with Crippen molar-refractivity contribution >= 4 is 33.4 Å². The lowest BCUT2D eigenvalue weighted by atomic mass is 10.1. The molecule has 4 rings (SSSR count). The molecule has 1 amide bonds. The molecule has 0 unspecified atom stereocenters. The van der Waals surface area contributed by atoms with Gasteiger partial charge in [0.15, 0.2) is 0 Å². The van der Waals surface area contributed by atoms with E-state index < -0.39 is 0 Å². The van der Waals surface area contributed by atoms with E-state index >= 15 is 0 Å². The van der Waals surface area contributed by atoms with E-state index in [0.717, 1.165) is 10.9 Å². The van der Waals surface area contributed by atoms with E-state index in [1.807, 2.05) is 48.5 Å². The van der Waals surface area contributed by atoms with Crippen molar-refractivity contribution in [3.8, 4) is 0 Å². The summed E-state index contributed by atoms with van der Waals surface area (Å²) in [7, 11) is 0. The number of para-hydroxylation sites is 1. The first-order chi connectivity index (χ1) is 11.7. The summed E-state index contributed by atoms with van der Waals surface area (Å²) in [4.78, 5) is 31.6. The molecule has 4 aromatic rings. The number of rotatable bonds is 2. The van der Waals surface area contributed by atoms with Gasteiger partial charge >= 0.3 is 0 Å². The first kappa shape index (κ1) is 14.1. The number of fused-ring (bicyclic) bond motifs is 2. The normalized spacial score (nSPS) is 10.8. The Morgan fingerprint density at radius 1 is 0.958 bits per heavy atom. The van der Waals surface area contributed by atoms with Gasteiger partial charge in [0.1, 0.15) is 0 Å². The molecular formula is C19H13N3O2. The van der Waals surface area contributed by atoms with Crippen LogP contribution >= 0.6 is 0 Å². The van der Waals surface area contributed by atoms with Crippen LogP contribution in [-0.2, 0) is 0 Å². The zero-order valence-corrected chi connectivity index (χ0v) is 12.6. The molecule has 0 aliphatic heterocycles. The van der Waals surface area contributed by atoms with Gasteiger partial charge in [-0.3, -0.25) is 14.6 Å². The Balaban J connectivity index is 1.81. The van der Waals surface area contributed by atoms with Crippen molar-refractivity contribution in [1.82, 2.24) is 9.97 Å². The average molecular weight is 315 g/mol. The number of hydrogen-bond donors (Lipinski definition) is 2. The number of carbonyl (C=O) groups excluding carboxylic acids is 1. The number of anilines is 1. The monoisotopic (exact) mass is 315 g/mol. The predicted molar refractivity (Wildman–Crippen MR) is 94.3 cm³/mol. The molecule has 5 nitrogen and oxygen atoms in total. The molecule has 24 heavy (non-hydrogen) atoms. The van der Waals surface area contributed by atoms with Crippen molar-refractivity contribution in [3.05, 3.63) is 82.8 Å². The van der Waals surface area contributed by atoms with Crippen LogP contribution in [0.3, 0.4) is 0 Å². The van der Waals surface area contributed by atoms with Crippen molar-refractivity contribution in [3.63, 3.8) is 0 Å². The second kappa shape index (κ2) is 5.62. The topological polar surface area (TPSA) is 74.8 Å². The molecule has 2 N–H and O–H groups in total. The number of H-pyrrole nitrogens is 1. The van der Waals surface area contributed by atoms with Crippen molar-refractivity contribution < 1.29 is 4.79 Å². The van der Waals surface area contributed by atoms with Gasteiger partial charge in [-0.15, -0.1) is 0 Å². The van der Waals surface area contributed by atoms with E-state index in [4.69, 9.17) is 0 Å². The molecule has 2 heterocycles. The third-order valence-corrected chi connectivity index (χ3v) is 3.89. The molecule has 0 atom stereocenters. The number of pyridine rings is 2. The molecule has 0 spiro atoms. The summed E-state index contributed by atoms with van der Waals surface area (Å²) in [5.74, 6) is -0.325. The second-order valence-electron chi connectivity index (χ2n) is 5.42. The van der Waals surface area contributed by atoms with Crippen LogP contribution in [-0.4, -0.2) is 15.9 Å². The molecular weight excluding hydrogens is 302 g/mol. The van der Waals surface area contributed by atoms with Crippen molar-refractivity contribution in [2.24, 2.45) is 0 Å². The summed E-state index contributed by atoms with van der Waals surface area (Å²) >= 11 is 0. The Kier molecular flexibility index (Phi) is 3.31. The van der Waals surface area contributed by atoms with E-state index in [2.05, 4.69) is 15.3 Å². The summed E-state index contributed by atoms with van der Waals surface area (Å²) in [5, 5.41) is 4.44. The fourth-order valence-corrected chi connectivity index (χ4v) is 2.79. The minimum absolute atomic E-state index is 0.307. The fraction of sp³-hybridized carbons (Fsp3) is 0. The maximum atomic E-state index is 12.7. The smallest absolute Gasteiger partial charge is 0.256 e. The predicted octanol–water partition coefficient (Wildman–Crippen LogP) is 3.33. The number of benzene rings is 2. The lowest BCUT2D eigenvalue weighted by Gasteiger charge is -2.10. The number of nitrogens with one attached hydrogen (secondary N) is 2. The van der Waals surface area contributed by atoms with E-state index in [0.29, 0.717) is 22.2 Å². The first-order valence-corrected chi connectivity index (χ1v) is 7.49. The molecule has 0 aliphatic rings. The molecule has 5 heteroatoms. The Morgan fingerprint density at radius 2 is 1.79 bits per heavy atom. The zero-order chi connectivity index (χ0) is 16.5. The Morgan fingerprint density at radius 3 is 2.71 bits per heavy atom. The molecule has 0 radical (unpaired) electrons. The van der Waals surface area contributed by atoms with Gasteiger partial charge in [-0.1, -0.05) is 24.3 Å². The number of hydrogen-bond acceptors (Lipinski definition) is 3. The SMILES string of the molecule is O=C(Nc1cccc2ncccc12)c1cc(=O)[nH]c2ccccc12. The van der Waals surface area contributed by atoms with Gasteiger partial charge in [-0.25, -0.2) is 0 Å². The van der Waals surface area contributed by atoms with Gasteiger partial charge in [-0.2, -0.15) is 0 Å². The lowest BCUT2D eigenvalue weighted by molar-refractivity contribution is 0.102. The number of carbonyl (C=O) groups is 1. The molecule has 116 valence electrons. The third-order valence-electron chi connectivity index (χ3n) is 3.89. The maximum Gasteiger partial charge on any atom is 0.256 e. The highest BCUT2D eigenvalue weighted by molar-refractivity contribution is 6.14. The van der Waals surface area contributed by atoms with E-state index in [-0.39, 0.29) is 11.5 Å². The van der Waals surface area contributed by atoms with Crippen molar-refractivity contribution in [2.45, 2.75) is 0 Å². The summed E-state index contributed by atoms with van der Waals surface area (Å²) < 4.78 is 0. The molecule has 0 fully saturated rings. The number of nitrogens with zero attached hydrogens (tertiary/aromatic N) is 1. The fourth-order valence-electron chi connectivity index (χ4n) is 2.79. The van der Waals surface area contributed by atoms with Gasteiger partial charge in [-0.05, 0) is 30.3 Å².